The van der Waals surface area contributed by atoms with Crippen molar-refractivity contribution in [3.63, 3.8) is 0 Å². The second kappa shape index (κ2) is 2.63. The molecule has 3 aliphatic carbocycles. The van der Waals surface area contributed by atoms with Gasteiger partial charge in [0.25, 0.3) is 0 Å². The minimum absolute atomic E-state index is 0.658. The largest absolute Gasteiger partial charge is 0.374 e. The molecule has 0 aromatic rings. The first-order valence-electron chi connectivity index (χ1n) is 6.24. The molecule has 2 aliphatic heterocycles. The summed E-state index contributed by atoms with van der Waals surface area (Å²) in [6, 6.07) is 0. The Labute approximate surface area is 85.5 Å². The molecule has 6 unspecified atom stereocenters. The van der Waals surface area contributed by atoms with Crippen molar-refractivity contribution in [2.45, 2.75) is 44.3 Å². The number of allylic oxidation sites excluding steroid dienone is 2. The number of hydrogen-bond acceptors (Lipinski definition) is 1. The average Bonchev–Trinajstić information content (AvgIpc) is 2.77. The van der Waals surface area contributed by atoms with Gasteiger partial charge in [0.05, 0.1) is 12.2 Å². The second-order valence-electron chi connectivity index (χ2n) is 5.72. The molecule has 4 bridgehead atoms. The summed E-state index contributed by atoms with van der Waals surface area (Å²) < 4.78 is 5.88. The minimum Gasteiger partial charge on any atom is -0.374 e. The van der Waals surface area contributed by atoms with Crippen molar-refractivity contribution >= 4 is 0 Å². The fraction of sp³-hybridized carbons (Fsp3) is 0.846. The molecule has 0 aromatic carbocycles. The summed E-state index contributed by atoms with van der Waals surface area (Å²) in [5, 5.41) is 0. The van der Waals surface area contributed by atoms with Crippen LogP contribution in [0.25, 0.3) is 0 Å². The van der Waals surface area contributed by atoms with Gasteiger partial charge in [-0.1, -0.05) is 12.2 Å². The molecule has 2 saturated heterocycles. The van der Waals surface area contributed by atoms with Crippen LogP contribution < -0.4 is 0 Å². The number of ether oxygens (including phenoxy) is 1. The topological polar surface area (TPSA) is 9.23 Å². The molecular formula is C13H18O. The lowest BCUT2D eigenvalue weighted by Crippen LogP contribution is -2.50. The summed E-state index contributed by atoms with van der Waals surface area (Å²) in [4.78, 5) is 0. The number of rotatable bonds is 1. The predicted octanol–water partition coefficient (Wildman–Crippen LogP) is 2.77. The van der Waals surface area contributed by atoms with Crippen LogP contribution in [0.2, 0.25) is 0 Å². The third-order valence-electron chi connectivity index (χ3n) is 5.04. The molecule has 14 heavy (non-hydrogen) atoms. The quantitative estimate of drug-likeness (QED) is 0.578. The predicted molar refractivity (Wildman–Crippen MR) is 54.8 cm³/mol. The zero-order valence-corrected chi connectivity index (χ0v) is 8.56. The van der Waals surface area contributed by atoms with E-state index in [0.29, 0.717) is 12.2 Å². The molecular weight excluding hydrogens is 172 g/mol. The summed E-state index contributed by atoms with van der Waals surface area (Å²) in [6.45, 7) is 0. The van der Waals surface area contributed by atoms with E-state index in [0.717, 1.165) is 23.7 Å². The Kier molecular flexibility index (Phi) is 1.49. The van der Waals surface area contributed by atoms with Crippen LogP contribution in [0.1, 0.15) is 32.1 Å². The lowest BCUT2D eigenvalue weighted by molar-refractivity contribution is -0.197. The SMILES string of the molecule is C1=CC2CC1CC2C1CCC2CC1O2. The molecule has 5 aliphatic rings. The number of fused-ring (bicyclic) bond motifs is 4. The molecule has 4 fully saturated rings. The maximum absolute atomic E-state index is 5.88. The van der Waals surface area contributed by atoms with Crippen LogP contribution in [0, 0.1) is 23.7 Å². The first-order chi connectivity index (χ1) is 6.90. The molecule has 1 nitrogen and oxygen atoms in total. The highest BCUT2D eigenvalue weighted by molar-refractivity contribution is 5.12. The molecule has 0 amide bonds. The molecule has 0 aromatic heterocycles. The van der Waals surface area contributed by atoms with Gasteiger partial charge in [0, 0.05) is 6.42 Å². The molecule has 76 valence electrons. The third kappa shape index (κ3) is 0.942. The Morgan fingerprint density at radius 2 is 1.86 bits per heavy atom. The van der Waals surface area contributed by atoms with Crippen LogP contribution >= 0.6 is 0 Å². The van der Waals surface area contributed by atoms with Gasteiger partial charge in [-0.25, -0.2) is 0 Å². The van der Waals surface area contributed by atoms with Crippen molar-refractivity contribution in [3.05, 3.63) is 12.2 Å². The van der Waals surface area contributed by atoms with E-state index in [1.807, 2.05) is 0 Å². The van der Waals surface area contributed by atoms with Crippen molar-refractivity contribution in [2.24, 2.45) is 23.7 Å². The number of hydrogen-bond donors (Lipinski definition) is 0. The van der Waals surface area contributed by atoms with E-state index in [2.05, 4.69) is 12.2 Å². The van der Waals surface area contributed by atoms with E-state index in [-0.39, 0.29) is 0 Å². The highest BCUT2D eigenvalue weighted by Gasteiger charge is 2.49. The maximum atomic E-state index is 5.88. The first kappa shape index (κ1) is 7.92. The summed E-state index contributed by atoms with van der Waals surface area (Å²) in [5.74, 6) is 3.75. The van der Waals surface area contributed by atoms with E-state index in [4.69, 9.17) is 4.74 Å². The standard InChI is InChI=1S/C13H18O/c1-2-9-5-8(1)6-12(9)11-4-3-10-7-13(11)14-10/h1-2,8-13H,3-7H2. The second-order valence-corrected chi connectivity index (χ2v) is 5.72. The smallest absolute Gasteiger partial charge is 0.0634 e. The van der Waals surface area contributed by atoms with Gasteiger partial charge in [-0.05, 0) is 49.4 Å². The summed E-state index contributed by atoms with van der Waals surface area (Å²) >= 11 is 0. The zero-order valence-electron chi connectivity index (χ0n) is 8.56. The highest BCUT2D eigenvalue weighted by Crippen LogP contribution is 2.53. The fourth-order valence-corrected chi connectivity index (χ4v) is 4.33. The Morgan fingerprint density at radius 1 is 0.929 bits per heavy atom. The molecule has 2 heterocycles. The van der Waals surface area contributed by atoms with Gasteiger partial charge in [-0.2, -0.15) is 0 Å². The van der Waals surface area contributed by atoms with E-state index in [1.54, 1.807) is 0 Å². The molecule has 0 N–H and O–H groups in total. The van der Waals surface area contributed by atoms with Crippen LogP contribution in [0.3, 0.4) is 0 Å². The summed E-state index contributed by atoms with van der Waals surface area (Å²) in [6.07, 6.45) is 13.4. The van der Waals surface area contributed by atoms with Crippen LogP contribution in [-0.4, -0.2) is 12.2 Å². The van der Waals surface area contributed by atoms with Crippen molar-refractivity contribution in [2.75, 3.05) is 0 Å². The molecule has 0 spiro atoms. The monoisotopic (exact) mass is 190 g/mol. The maximum Gasteiger partial charge on any atom is 0.0634 e. The Balaban J connectivity index is 1.55. The zero-order chi connectivity index (χ0) is 9.12. The van der Waals surface area contributed by atoms with Crippen molar-refractivity contribution < 1.29 is 4.74 Å². The van der Waals surface area contributed by atoms with Crippen LogP contribution in [-0.2, 0) is 4.74 Å². The normalized spacial score (nSPS) is 58.9. The fourth-order valence-electron chi connectivity index (χ4n) is 4.33. The molecule has 2 saturated carbocycles. The van der Waals surface area contributed by atoms with Gasteiger partial charge < -0.3 is 4.74 Å². The van der Waals surface area contributed by atoms with Gasteiger partial charge in [0.2, 0.25) is 0 Å². The van der Waals surface area contributed by atoms with Crippen molar-refractivity contribution in [1.82, 2.24) is 0 Å². The van der Waals surface area contributed by atoms with Crippen LogP contribution in [0.5, 0.6) is 0 Å². The Bertz CT molecular complexity index is 274. The van der Waals surface area contributed by atoms with E-state index < -0.39 is 0 Å². The first-order valence-corrected chi connectivity index (χ1v) is 6.24. The molecule has 5 rings (SSSR count). The van der Waals surface area contributed by atoms with Gasteiger partial charge in [-0.3, -0.25) is 0 Å². The van der Waals surface area contributed by atoms with Crippen molar-refractivity contribution in [1.29, 1.82) is 0 Å². The van der Waals surface area contributed by atoms with Gasteiger partial charge in [0.15, 0.2) is 0 Å². The highest BCUT2D eigenvalue weighted by atomic mass is 16.5. The molecule has 6 atom stereocenters. The van der Waals surface area contributed by atoms with Gasteiger partial charge in [0.1, 0.15) is 0 Å². The summed E-state index contributed by atoms with van der Waals surface area (Å²) in [7, 11) is 0. The Hall–Kier alpha value is -0.300. The molecule has 1 heteroatoms. The van der Waals surface area contributed by atoms with Crippen LogP contribution in [0.4, 0.5) is 0 Å². The van der Waals surface area contributed by atoms with E-state index in [9.17, 15) is 0 Å². The Morgan fingerprint density at radius 3 is 2.43 bits per heavy atom. The molecule has 0 radical (unpaired) electrons. The van der Waals surface area contributed by atoms with Gasteiger partial charge in [-0.15, -0.1) is 0 Å². The third-order valence-corrected chi connectivity index (χ3v) is 5.04. The van der Waals surface area contributed by atoms with E-state index >= 15 is 0 Å². The summed E-state index contributed by atoms with van der Waals surface area (Å²) in [5.41, 5.74) is 0. The average molecular weight is 190 g/mol. The minimum atomic E-state index is 0.658. The van der Waals surface area contributed by atoms with Gasteiger partial charge >= 0.3 is 0 Å². The van der Waals surface area contributed by atoms with Crippen molar-refractivity contribution in [3.8, 4) is 0 Å². The lowest BCUT2D eigenvalue weighted by atomic mass is 9.69. The lowest BCUT2D eigenvalue weighted by Gasteiger charge is -2.49. The van der Waals surface area contributed by atoms with Crippen LogP contribution in [0.15, 0.2) is 12.2 Å². The van der Waals surface area contributed by atoms with E-state index in [1.165, 1.54) is 32.1 Å².